The van der Waals surface area contributed by atoms with E-state index < -0.39 is 10.0 Å². The minimum absolute atomic E-state index is 0.0258. The number of rotatable bonds is 9. The lowest BCUT2D eigenvalue weighted by Crippen LogP contribution is -2.34. The van der Waals surface area contributed by atoms with E-state index in [9.17, 15) is 13.2 Å². The van der Waals surface area contributed by atoms with Crippen molar-refractivity contribution < 1.29 is 17.9 Å². The van der Waals surface area contributed by atoms with Gasteiger partial charge in [0.2, 0.25) is 15.9 Å². The van der Waals surface area contributed by atoms with E-state index in [0.29, 0.717) is 18.5 Å². The summed E-state index contributed by atoms with van der Waals surface area (Å²) in [4.78, 5) is 14.0. The van der Waals surface area contributed by atoms with Gasteiger partial charge in [-0.25, -0.2) is 12.7 Å². The third kappa shape index (κ3) is 5.95. The molecule has 0 fully saturated rings. The lowest BCUT2D eigenvalue weighted by molar-refractivity contribution is -0.129. The fraction of sp³-hybridized carbons (Fsp3) is 0.333. The second kappa shape index (κ2) is 10.4. The number of amides is 1. The standard InChI is InChI=1S/C21H24ClN3O4S/c1-24(12-10-16-4-6-17(15-23)7-5-16)21(26)11-13-25(2)30(27,28)20-14-18(22)8-9-19(20)29-3/h4-9,14H,10-13H2,1-3H3. The second-order valence-electron chi connectivity index (χ2n) is 6.75. The summed E-state index contributed by atoms with van der Waals surface area (Å²) in [6.45, 7) is 0.515. The summed E-state index contributed by atoms with van der Waals surface area (Å²) in [6.07, 6.45) is 0.685. The SMILES string of the molecule is COc1ccc(Cl)cc1S(=O)(=O)N(C)CCC(=O)N(C)CCc1ccc(C#N)cc1. The van der Waals surface area contributed by atoms with Gasteiger partial charge in [0.1, 0.15) is 10.6 Å². The number of nitrogens with zero attached hydrogens (tertiary/aromatic N) is 3. The first-order valence-electron chi connectivity index (χ1n) is 9.22. The van der Waals surface area contributed by atoms with Crippen molar-refractivity contribution in [3.63, 3.8) is 0 Å². The number of carbonyl (C=O) groups excluding carboxylic acids is 1. The largest absolute Gasteiger partial charge is 0.495 e. The molecule has 0 saturated carbocycles. The van der Waals surface area contributed by atoms with Crippen LogP contribution >= 0.6 is 11.6 Å². The maximum atomic E-state index is 12.8. The fourth-order valence-corrected chi connectivity index (χ4v) is 4.34. The van der Waals surface area contributed by atoms with Crippen molar-refractivity contribution in [3.05, 3.63) is 58.6 Å². The summed E-state index contributed by atoms with van der Waals surface area (Å²) in [5.74, 6) is 0.0286. The van der Waals surface area contributed by atoms with Crippen LogP contribution in [0.2, 0.25) is 5.02 Å². The van der Waals surface area contributed by atoms with Crippen LogP contribution in [0, 0.1) is 11.3 Å². The van der Waals surface area contributed by atoms with Crippen LogP contribution < -0.4 is 4.74 Å². The van der Waals surface area contributed by atoms with Crippen LogP contribution in [-0.2, 0) is 21.2 Å². The molecule has 0 saturated heterocycles. The topological polar surface area (TPSA) is 90.7 Å². The molecule has 2 rings (SSSR count). The van der Waals surface area contributed by atoms with Gasteiger partial charge in [0.25, 0.3) is 0 Å². The highest BCUT2D eigenvalue weighted by molar-refractivity contribution is 7.89. The molecule has 1 amide bonds. The van der Waals surface area contributed by atoms with E-state index in [0.717, 1.165) is 9.87 Å². The van der Waals surface area contributed by atoms with Crippen molar-refractivity contribution in [2.75, 3.05) is 34.3 Å². The van der Waals surface area contributed by atoms with Gasteiger partial charge < -0.3 is 9.64 Å². The molecule has 0 aliphatic carbocycles. The lowest BCUT2D eigenvalue weighted by Gasteiger charge is -2.21. The summed E-state index contributed by atoms with van der Waals surface area (Å²) in [6, 6.07) is 13.6. The Bertz CT molecular complexity index is 1030. The van der Waals surface area contributed by atoms with E-state index in [1.54, 1.807) is 30.1 Å². The minimum Gasteiger partial charge on any atom is -0.495 e. The highest BCUT2D eigenvalue weighted by Crippen LogP contribution is 2.29. The normalized spacial score (nSPS) is 11.2. The van der Waals surface area contributed by atoms with Crippen molar-refractivity contribution in [1.82, 2.24) is 9.21 Å². The number of sulfonamides is 1. The van der Waals surface area contributed by atoms with E-state index in [4.69, 9.17) is 21.6 Å². The van der Waals surface area contributed by atoms with Crippen molar-refractivity contribution in [2.45, 2.75) is 17.7 Å². The Morgan fingerprint density at radius 2 is 1.80 bits per heavy atom. The molecular formula is C21H24ClN3O4S. The predicted molar refractivity (Wildman–Crippen MR) is 115 cm³/mol. The quantitative estimate of drug-likeness (QED) is 0.587. The molecule has 160 valence electrons. The highest BCUT2D eigenvalue weighted by Gasteiger charge is 2.26. The van der Waals surface area contributed by atoms with Crippen LogP contribution in [0.4, 0.5) is 0 Å². The molecule has 0 heterocycles. The summed E-state index contributed by atoms with van der Waals surface area (Å²) in [5.41, 5.74) is 1.60. The minimum atomic E-state index is -3.86. The number of methoxy groups -OCH3 is 1. The third-order valence-electron chi connectivity index (χ3n) is 4.70. The average Bonchev–Trinajstić information content (AvgIpc) is 2.75. The zero-order valence-electron chi connectivity index (χ0n) is 17.1. The van der Waals surface area contributed by atoms with E-state index in [2.05, 4.69) is 6.07 Å². The van der Waals surface area contributed by atoms with Crippen LogP contribution in [0.25, 0.3) is 0 Å². The summed E-state index contributed by atoms with van der Waals surface area (Å²) in [5, 5.41) is 9.11. The molecule has 0 unspecified atom stereocenters. The molecule has 0 aliphatic rings. The molecular weight excluding hydrogens is 426 g/mol. The van der Waals surface area contributed by atoms with Gasteiger partial charge in [-0.2, -0.15) is 5.26 Å². The smallest absolute Gasteiger partial charge is 0.246 e. The van der Waals surface area contributed by atoms with E-state index in [-0.39, 0.29) is 34.5 Å². The highest BCUT2D eigenvalue weighted by atomic mass is 35.5. The Morgan fingerprint density at radius 3 is 2.40 bits per heavy atom. The predicted octanol–water partition coefficient (Wildman–Crippen LogP) is 2.93. The lowest BCUT2D eigenvalue weighted by atomic mass is 10.1. The number of benzene rings is 2. The molecule has 2 aromatic rings. The number of carbonyl (C=O) groups is 1. The number of hydrogen-bond acceptors (Lipinski definition) is 5. The Balaban J connectivity index is 1.94. The Labute approximate surface area is 182 Å². The number of likely N-dealkylation sites (N-methyl/N-ethyl adjacent to an activating group) is 1. The first-order chi connectivity index (χ1) is 14.2. The molecule has 9 heteroatoms. The van der Waals surface area contributed by atoms with Gasteiger partial charge >= 0.3 is 0 Å². The molecule has 0 atom stereocenters. The summed E-state index contributed by atoms with van der Waals surface area (Å²) in [7, 11) is 0.620. The molecule has 0 aromatic heterocycles. The van der Waals surface area contributed by atoms with Crippen molar-refractivity contribution in [3.8, 4) is 11.8 Å². The third-order valence-corrected chi connectivity index (χ3v) is 6.81. The molecule has 0 N–H and O–H groups in total. The van der Waals surface area contributed by atoms with E-state index in [1.807, 2.05) is 12.1 Å². The maximum Gasteiger partial charge on any atom is 0.246 e. The summed E-state index contributed by atoms with van der Waals surface area (Å²) >= 11 is 5.94. The van der Waals surface area contributed by atoms with Crippen molar-refractivity contribution >= 4 is 27.5 Å². The van der Waals surface area contributed by atoms with Crippen LogP contribution in [0.5, 0.6) is 5.75 Å². The number of nitriles is 1. The molecule has 0 spiro atoms. The molecule has 0 radical (unpaired) electrons. The van der Waals surface area contributed by atoms with Gasteiger partial charge in [0.15, 0.2) is 0 Å². The fourth-order valence-electron chi connectivity index (χ4n) is 2.75. The number of halogens is 1. The number of hydrogen-bond donors (Lipinski definition) is 0. The summed E-state index contributed by atoms with van der Waals surface area (Å²) < 4.78 is 31.9. The van der Waals surface area contributed by atoms with Crippen molar-refractivity contribution in [1.29, 1.82) is 5.26 Å². The second-order valence-corrected chi connectivity index (χ2v) is 9.20. The zero-order chi connectivity index (χ0) is 22.3. The monoisotopic (exact) mass is 449 g/mol. The zero-order valence-corrected chi connectivity index (χ0v) is 18.7. The van der Waals surface area contributed by atoms with Gasteiger partial charge in [-0.3, -0.25) is 4.79 Å². The van der Waals surface area contributed by atoms with Crippen LogP contribution in [0.1, 0.15) is 17.5 Å². The van der Waals surface area contributed by atoms with Gasteiger partial charge in [-0.05, 0) is 42.3 Å². The van der Waals surface area contributed by atoms with Crippen LogP contribution in [0.3, 0.4) is 0 Å². The van der Waals surface area contributed by atoms with Crippen LogP contribution in [0.15, 0.2) is 47.4 Å². The molecule has 2 aromatic carbocycles. The number of ether oxygens (including phenoxy) is 1. The van der Waals surface area contributed by atoms with E-state index in [1.165, 1.54) is 26.3 Å². The molecule has 30 heavy (non-hydrogen) atoms. The van der Waals surface area contributed by atoms with Gasteiger partial charge in [0.05, 0.1) is 18.7 Å². The first-order valence-corrected chi connectivity index (χ1v) is 11.0. The van der Waals surface area contributed by atoms with Gasteiger partial charge in [0, 0.05) is 38.6 Å². The molecule has 0 aliphatic heterocycles. The average molecular weight is 450 g/mol. The van der Waals surface area contributed by atoms with Gasteiger partial charge in [-0.1, -0.05) is 23.7 Å². The van der Waals surface area contributed by atoms with Gasteiger partial charge in [-0.15, -0.1) is 0 Å². The first kappa shape index (κ1) is 23.7. The van der Waals surface area contributed by atoms with Crippen LogP contribution in [-0.4, -0.2) is 57.8 Å². The molecule has 7 nitrogen and oxygen atoms in total. The maximum absolute atomic E-state index is 12.8. The van der Waals surface area contributed by atoms with E-state index >= 15 is 0 Å². The Morgan fingerprint density at radius 1 is 1.13 bits per heavy atom. The Kier molecular flexibility index (Phi) is 8.24. The van der Waals surface area contributed by atoms with Crippen molar-refractivity contribution in [2.24, 2.45) is 0 Å². The molecule has 0 bridgehead atoms. The Hall–Kier alpha value is -2.60.